The van der Waals surface area contributed by atoms with E-state index in [2.05, 4.69) is 6.92 Å². The monoisotopic (exact) mass is 378 g/mol. The van der Waals surface area contributed by atoms with Gasteiger partial charge in [0, 0.05) is 6.42 Å². The standard InChI is InChI=1S/C19H39NO4S/c1-4-5-6-7-8-9-10-11-12-13-14-16-19(21)20(2,3)17-15-18-25(22,23)24/h4-18H2,1-3H3/p+1. The molecule has 0 rings (SSSR count). The Morgan fingerprint density at radius 3 is 1.68 bits per heavy atom. The van der Waals surface area contributed by atoms with E-state index in [0.29, 0.717) is 19.4 Å². The molecule has 0 bridgehead atoms. The molecule has 0 atom stereocenters. The van der Waals surface area contributed by atoms with Gasteiger partial charge in [0.2, 0.25) is 0 Å². The minimum Gasteiger partial charge on any atom is -0.286 e. The molecule has 0 heterocycles. The highest BCUT2D eigenvalue weighted by atomic mass is 32.2. The second-order valence-electron chi connectivity index (χ2n) is 7.73. The zero-order valence-corrected chi connectivity index (χ0v) is 17.5. The molecule has 0 fully saturated rings. The van der Waals surface area contributed by atoms with Gasteiger partial charge in [0.1, 0.15) is 0 Å². The van der Waals surface area contributed by atoms with Crippen LogP contribution in [-0.2, 0) is 14.9 Å². The molecular formula is C19H40NO4S+. The molecule has 0 aliphatic rings. The van der Waals surface area contributed by atoms with Crippen molar-refractivity contribution >= 4 is 16.0 Å². The van der Waals surface area contributed by atoms with Crippen LogP contribution >= 0.6 is 0 Å². The van der Waals surface area contributed by atoms with Crippen molar-refractivity contribution < 1.29 is 22.2 Å². The topological polar surface area (TPSA) is 71.4 Å². The Labute approximate surface area is 155 Å². The van der Waals surface area contributed by atoms with Gasteiger partial charge >= 0.3 is 5.91 Å². The molecule has 6 heteroatoms. The van der Waals surface area contributed by atoms with E-state index in [0.717, 1.165) is 12.8 Å². The van der Waals surface area contributed by atoms with Gasteiger partial charge in [-0.05, 0) is 6.42 Å². The van der Waals surface area contributed by atoms with Crippen LogP contribution in [0.4, 0.5) is 0 Å². The molecule has 5 nitrogen and oxygen atoms in total. The van der Waals surface area contributed by atoms with Gasteiger partial charge in [-0.1, -0.05) is 71.1 Å². The molecule has 0 aromatic carbocycles. The largest absolute Gasteiger partial charge is 0.313 e. The SMILES string of the molecule is CCCCCCCCCCCCCC(=O)[N+](C)(C)CCCS(=O)(=O)O. The fourth-order valence-corrected chi connectivity index (χ4v) is 3.50. The fraction of sp³-hybridized carbons (Fsp3) is 0.947. The number of hydrogen-bond donors (Lipinski definition) is 1. The Hall–Kier alpha value is -0.460. The Bertz CT molecular complexity index is 446. The number of rotatable bonds is 16. The van der Waals surface area contributed by atoms with E-state index in [1.54, 1.807) is 0 Å². The van der Waals surface area contributed by atoms with Gasteiger partial charge in [-0.15, -0.1) is 0 Å². The average molecular weight is 379 g/mol. The predicted octanol–water partition coefficient (Wildman–Crippen LogP) is 4.57. The van der Waals surface area contributed by atoms with Crippen molar-refractivity contribution in [3.05, 3.63) is 0 Å². The lowest BCUT2D eigenvalue weighted by atomic mass is 10.0. The minimum atomic E-state index is -3.93. The van der Waals surface area contributed by atoms with Crippen LogP contribution in [0.15, 0.2) is 0 Å². The van der Waals surface area contributed by atoms with Gasteiger partial charge < -0.3 is 0 Å². The quantitative estimate of drug-likeness (QED) is 0.243. The maximum absolute atomic E-state index is 12.2. The van der Waals surface area contributed by atoms with E-state index >= 15 is 0 Å². The lowest BCUT2D eigenvalue weighted by molar-refractivity contribution is -0.814. The summed E-state index contributed by atoms with van der Waals surface area (Å²) >= 11 is 0. The number of carbonyl (C=O) groups is 1. The molecule has 0 aromatic rings. The Kier molecular flexibility index (Phi) is 13.5. The second kappa shape index (κ2) is 13.7. The zero-order valence-electron chi connectivity index (χ0n) is 16.6. The fourth-order valence-electron chi connectivity index (χ4n) is 3.01. The number of nitrogens with zero attached hydrogens (tertiary/aromatic N) is 1. The molecule has 0 radical (unpaired) electrons. The zero-order chi connectivity index (χ0) is 19.2. The lowest BCUT2D eigenvalue weighted by Crippen LogP contribution is -2.46. The molecule has 0 aliphatic heterocycles. The molecule has 0 saturated heterocycles. The number of amides is 1. The highest BCUT2D eigenvalue weighted by Crippen LogP contribution is 2.13. The highest BCUT2D eigenvalue weighted by Gasteiger charge is 2.25. The summed E-state index contributed by atoms with van der Waals surface area (Å²) in [6, 6.07) is 0. The number of hydrogen-bond acceptors (Lipinski definition) is 3. The third kappa shape index (κ3) is 15.5. The molecule has 0 unspecified atom stereocenters. The number of quaternary nitrogens is 1. The van der Waals surface area contributed by atoms with Gasteiger partial charge in [0.25, 0.3) is 10.1 Å². The Morgan fingerprint density at radius 1 is 0.800 bits per heavy atom. The third-order valence-electron chi connectivity index (χ3n) is 4.79. The van der Waals surface area contributed by atoms with Crippen LogP contribution in [0.5, 0.6) is 0 Å². The van der Waals surface area contributed by atoms with Crippen molar-refractivity contribution in [3.63, 3.8) is 0 Å². The van der Waals surface area contributed by atoms with Crippen molar-refractivity contribution in [2.75, 3.05) is 26.4 Å². The molecule has 0 aliphatic carbocycles. The molecule has 0 spiro atoms. The molecular weight excluding hydrogens is 338 g/mol. The summed E-state index contributed by atoms with van der Waals surface area (Å²) in [5.74, 6) is -0.133. The van der Waals surface area contributed by atoms with Gasteiger partial charge in [-0.3, -0.25) is 9.04 Å². The summed E-state index contributed by atoms with van der Waals surface area (Å²) in [5.41, 5.74) is 0. The van der Waals surface area contributed by atoms with E-state index in [-0.39, 0.29) is 16.1 Å². The number of unbranched alkanes of at least 4 members (excludes halogenated alkanes) is 10. The maximum Gasteiger partial charge on any atom is 0.313 e. The lowest BCUT2D eigenvalue weighted by Gasteiger charge is -2.26. The molecule has 25 heavy (non-hydrogen) atoms. The van der Waals surface area contributed by atoms with Crippen LogP contribution in [-0.4, -0.2) is 49.8 Å². The summed E-state index contributed by atoms with van der Waals surface area (Å²) in [6.07, 6.45) is 14.7. The third-order valence-corrected chi connectivity index (χ3v) is 5.59. The maximum atomic E-state index is 12.2. The van der Waals surface area contributed by atoms with E-state index in [9.17, 15) is 13.2 Å². The Balaban J connectivity index is 3.61. The van der Waals surface area contributed by atoms with Crippen LogP contribution in [0.3, 0.4) is 0 Å². The van der Waals surface area contributed by atoms with Gasteiger partial charge in [-0.25, -0.2) is 4.79 Å². The van der Waals surface area contributed by atoms with Gasteiger partial charge in [0.15, 0.2) is 0 Å². The van der Waals surface area contributed by atoms with Crippen molar-refractivity contribution in [2.24, 2.45) is 0 Å². The van der Waals surface area contributed by atoms with Crippen molar-refractivity contribution in [1.29, 1.82) is 0 Å². The van der Waals surface area contributed by atoms with E-state index in [1.165, 1.54) is 57.8 Å². The summed E-state index contributed by atoms with van der Waals surface area (Å²) in [5, 5.41) is 0. The summed E-state index contributed by atoms with van der Waals surface area (Å²) in [4.78, 5) is 12.2. The molecule has 0 saturated carbocycles. The Morgan fingerprint density at radius 2 is 1.24 bits per heavy atom. The highest BCUT2D eigenvalue weighted by molar-refractivity contribution is 7.85. The van der Waals surface area contributed by atoms with E-state index in [4.69, 9.17) is 4.55 Å². The first-order chi connectivity index (χ1) is 11.7. The van der Waals surface area contributed by atoms with Gasteiger partial charge in [-0.2, -0.15) is 8.42 Å². The van der Waals surface area contributed by atoms with E-state index < -0.39 is 10.1 Å². The van der Waals surface area contributed by atoms with Crippen molar-refractivity contribution in [3.8, 4) is 0 Å². The first-order valence-corrected chi connectivity index (χ1v) is 11.6. The predicted molar refractivity (Wildman–Crippen MR) is 104 cm³/mol. The van der Waals surface area contributed by atoms with E-state index in [1.807, 2.05) is 14.1 Å². The smallest absolute Gasteiger partial charge is 0.286 e. The minimum absolute atomic E-state index is 0.145. The molecule has 0 aromatic heterocycles. The van der Waals surface area contributed by atoms with Crippen LogP contribution in [0.25, 0.3) is 0 Å². The first kappa shape index (κ1) is 24.5. The molecule has 150 valence electrons. The normalized spacial score (nSPS) is 12.5. The van der Waals surface area contributed by atoms with Crippen molar-refractivity contribution in [1.82, 2.24) is 0 Å². The summed E-state index contributed by atoms with van der Waals surface area (Å²) in [7, 11) is -0.312. The number of carbonyl (C=O) groups excluding carboxylic acids is 1. The van der Waals surface area contributed by atoms with Crippen LogP contribution in [0, 0.1) is 0 Å². The first-order valence-electron chi connectivity index (χ1n) is 10.0. The van der Waals surface area contributed by atoms with Crippen LogP contribution in [0.1, 0.15) is 90.4 Å². The summed E-state index contributed by atoms with van der Waals surface area (Å²) in [6.45, 7) is 2.68. The van der Waals surface area contributed by atoms with Crippen LogP contribution < -0.4 is 0 Å². The van der Waals surface area contributed by atoms with Gasteiger partial charge in [0.05, 0.1) is 32.8 Å². The average Bonchev–Trinajstić information content (AvgIpc) is 2.50. The summed E-state index contributed by atoms with van der Waals surface area (Å²) < 4.78 is 30.4. The molecule has 1 amide bonds. The second-order valence-corrected chi connectivity index (χ2v) is 9.30. The molecule has 1 N–H and O–H groups in total. The van der Waals surface area contributed by atoms with Crippen molar-refractivity contribution in [2.45, 2.75) is 90.4 Å². The van der Waals surface area contributed by atoms with Crippen LogP contribution in [0.2, 0.25) is 0 Å².